The third-order valence-electron chi connectivity index (χ3n) is 2.29. The first-order valence-corrected chi connectivity index (χ1v) is 5.37. The molecule has 2 nitrogen and oxygen atoms in total. The Hall–Kier alpha value is -1.31. The van der Waals surface area contributed by atoms with Crippen molar-refractivity contribution in [2.24, 2.45) is 4.99 Å². The Kier molecular flexibility index (Phi) is 2.51. The molecule has 0 saturated carbocycles. The highest BCUT2D eigenvalue weighted by molar-refractivity contribution is 5.96. The summed E-state index contributed by atoms with van der Waals surface area (Å²) in [5.74, 6) is 0.796. The fourth-order valence-electron chi connectivity index (χ4n) is 1.68. The van der Waals surface area contributed by atoms with E-state index in [0.717, 1.165) is 24.5 Å². The minimum atomic E-state index is -0.0835. The zero-order valence-electron chi connectivity index (χ0n) is 9.58. The van der Waals surface area contributed by atoms with Gasteiger partial charge in [-0.15, -0.1) is 0 Å². The monoisotopic (exact) mass is 203 g/mol. The van der Waals surface area contributed by atoms with Crippen LogP contribution in [0.25, 0.3) is 0 Å². The lowest BCUT2D eigenvalue weighted by molar-refractivity contribution is 0.294. The van der Waals surface area contributed by atoms with Crippen molar-refractivity contribution >= 4 is 5.90 Å². The second-order valence-electron chi connectivity index (χ2n) is 4.84. The molecule has 1 aromatic carbocycles. The Bertz CT molecular complexity index is 388. The predicted octanol–water partition coefficient (Wildman–Crippen LogP) is 2.80. The molecule has 15 heavy (non-hydrogen) atoms. The van der Waals surface area contributed by atoms with Crippen LogP contribution in [0.5, 0.6) is 0 Å². The Morgan fingerprint density at radius 3 is 2.67 bits per heavy atom. The van der Waals surface area contributed by atoms with Gasteiger partial charge in [0.1, 0.15) is 0 Å². The minimum absolute atomic E-state index is 0.0835. The molecule has 2 rings (SSSR count). The van der Waals surface area contributed by atoms with Crippen molar-refractivity contribution in [3.05, 3.63) is 35.4 Å². The Morgan fingerprint density at radius 2 is 1.93 bits per heavy atom. The van der Waals surface area contributed by atoms with Crippen molar-refractivity contribution in [2.75, 3.05) is 6.61 Å². The third-order valence-corrected chi connectivity index (χ3v) is 2.29. The molecule has 0 amide bonds. The van der Waals surface area contributed by atoms with Crippen molar-refractivity contribution in [1.29, 1.82) is 0 Å². The van der Waals surface area contributed by atoms with Gasteiger partial charge in [0.05, 0.1) is 12.1 Å². The first-order valence-electron chi connectivity index (χ1n) is 5.37. The van der Waals surface area contributed by atoms with E-state index in [-0.39, 0.29) is 5.54 Å². The van der Waals surface area contributed by atoms with Gasteiger partial charge < -0.3 is 4.74 Å². The van der Waals surface area contributed by atoms with Gasteiger partial charge in [-0.05, 0) is 32.4 Å². The maximum absolute atomic E-state index is 5.63. The van der Waals surface area contributed by atoms with Crippen LogP contribution in [-0.2, 0) is 11.2 Å². The van der Waals surface area contributed by atoms with Crippen LogP contribution in [0.1, 0.15) is 31.9 Å². The molecule has 1 aromatic rings. The molecule has 0 aromatic heterocycles. The fourth-order valence-corrected chi connectivity index (χ4v) is 1.68. The standard InChI is InChI=1S/C13H17NO/c1-13(2,3)14-12-11-7-5-4-6-10(11)8-9-15-12/h4-7H,8-9H2,1-3H3. The number of rotatable bonds is 0. The van der Waals surface area contributed by atoms with Crippen LogP contribution in [0.15, 0.2) is 29.3 Å². The van der Waals surface area contributed by atoms with Crippen LogP contribution in [0.2, 0.25) is 0 Å². The lowest BCUT2D eigenvalue weighted by atomic mass is 10.0. The molecule has 0 atom stereocenters. The average molecular weight is 203 g/mol. The summed E-state index contributed by atoms with van der Waals surface area (Å²) < 4.78 is 5.63. The van der Waals surface area contributed by atoms with E-state index >= 15 is 0 Å². The van der Waals surface area contributed by atoms with E-state index in [4.69, 9.17) is 4.74 Å². The van der Waals surface area contributed by atoms with E-state index in [1.54, 1.807) is 0 Å². The molecule has 0 saturated heterocycles. The van der Waals surface area contributed by atoms with E-state index in [9.17, 15) is 0 Å². The molecule has 1 heterocycles. The van der Waals surface area contributed by atoms with Crippen LogP contribution in [0.4, 0.5) is 0 Å². The van der Waals surface area contributed by atoms with Gasteiger partial charge in [-0.25, -0.2) is 4.99 Å². The van der Waals surface area contributed by atoms with E-state index in [2.05, 4.69) is 44.0 Å². The van der Waals surface area contributed by atoms with Gasteiger partial charge in [-0.1, -0.05) is 18.2 Å². The van der Waals surface area contributed by atoms with E-state index < -0.39 is 0 Å². The van der Waals surface area contributed by atoms with Crippen LogP contribution in [-0.4, -0.2) is 18.0 Å². The van der Waals surface area contributed by atoms with Crippen molar-refractivity contribution in [3.8, 4) is 0 Å². The number of hydrogen-bond acceptors (Lipinski definition) is 2. The Morgan fingerprint density at radius 1 is 1.20 bits per heavy atom. The summed E-state index contributed by atoms with van der Waals surface area (Å²) in [6.07, 6.45) is 0.985. The zero-order valence-corrected chi connectivity index (χ0v) is 9.58. The quantitative estimate of drug-likeness (QED) is 0.635. The highest BCUT2D eigenvalue weighted by Crippen LogP contribution is 2.19. The minimum Gasteiger partial charge on any atom is -0.477 e. The Balaban J connectivity index is 2.42. The van der Waals surface area contributed by atoms with Gasteiger partial charge >= 0.3 is 0 Å². The van der Waals surface area contributed by atoms with Crippen LogP contribution >= 0.6 is 0 Å². The first kappa shape index (κ1) is 10.2. The number of fused-ring (bicyclic) bond motifs is 1. The van der Waals surface area contributed by atoms with Crippen molar-refractivity contribution in [2.45, 2.75) is 32.7 Å². The molecule has 0 unspecified atom stereocenters. The zero-order chi connectivity index (χ0) is 10.9. The van der Waals surface area contributed by atoms with E-state index in [1.165, 1.54) is 5.56 Å². The molecular weight excluding hydrogens is 186 g/mol. The summed E-state index contributed by atoms with van der Waals surface area (Å²) in [7, 11) is 0. The van der Waals surface area contributed by atoms with Crippen LogP contribution in [0, 0.1) is 0 Å². The summed E-state index contributed by atoms with van der Waals surface area (Å²) in [5, 5.41) is 0. The van der Waals surface area contributed by atoms with Crippen molar-refractivity contribution in [1.82, 2.24) is 0 Å². The molecular formula is C13H17NO. The maximum Gasteiger partial charge on any atom is 0.216 e. The third kappa shape index (κ3) is 2.38. The molecule has 0 fully saturated rings. The number of hydrogen-bond donors (Lipinski definition) is 0. The fraction of sp³-hybridized carbons (Fsp3) is 0.462. The molecule has 0 radical (unpaired) electrons. The first-order chi connectivity index (χ1) is 7.06. The molecule has 0 spiro atoms. The second kappa shape index (κ2) is 3.69. The summed E-state index contributed by atoms with van der Waals surface area (Å²) in [6.45, 7) is 6.99. The molecule has 1 aliphatic heterocycles. The smallest absolute Gasteiger partial charge is 0.216 e. The summed E-state index contributed by atoms with van der Waals surface area (Å²) in [6, 6.07) is 8.33. The van der Waals surface area contributed by atoms with E-state index in [0.29, 0.717) is 0 Å². The largest absolute Gasteiger partial charge is 0.477 e. The summed E-state index contributed by atoms with van der Waals surface area (Å²) >= 11 is 0. The normalized spacial score (nSPS) is 18.5. The van der Waals surface area contributed by atoms with Gasteiger partial charge in [-0.3, -0.25) is 0 Å². The lowest BCUT2D eigenvalue weighted by Gasteiger charge is -2.22. The summed E-state index contributed by atoms with van der Waals surface area (Å²) in [4.78, 5) is 4.60. The van der Waals surface area contributed by atoms with Gasteiger partial charge in [0, 0.05) is 12.0 Å². The van der Waals surface area contributed by atoms with Crippen LogP contribution in [0.3, 0.4) is 0 Å². The highest BCUT2D eigenvalue weighted by Gasteiger charge is 2.18. The topological polar surface area (TPSA) is 21.6 Å². The molecule has 0 N–H and O–H groups in total. The number of ether oxygens (including phenoxy) is 1. The van der Waals surface area contributed by atoms with Gasteiger partial charge in [-0.2, -0.15) is 0 Å². The van der Waals surface area contributed by atoms with Crippen LogP contribution < -0.4 is 0 Å². The molecule has 80 valence electrons. The number of benzene rings is 1. The lowest BCUT2D eigenvalue weighted by Crippen LogP contribution is -2.23. The molecule has 1 aliphatic rings. The van der Waals surface area contributed by atoms with Crippen molar-refractivity contribution in [3.63, 3.8) is 0 Å². The SMILES string of the molecule is CC(C)(C)N=C1OCCc2ccccc21. The number of nitrogens with zero attached hydrogens (tertiary/aromatic N) is 1. The van der Waals surface area contributed by atoms with Gasteiger partial charge in [0.15, 0.2) is 0 Å². The predicted molar refractivity (Wildman–Crippen MR) is 62.4 cm³/mol. The highest BCUT2D eigenvalue weighted by atomic mass is 16.5. The van der Waals surface area contributed by atoms with Crippen molar-refractivity contribution < 1.29 is 4.74 Å². The maximum atomic E-state index is 5.63. The van der Waals surface area contributed by atoms with Gasteiger partial charge in [0.2, 0.25) is 5.90 Å². The Labute approximate surface area is 91.0 Å². The molecule has 0 aliphatic carbocycles. The number of aliphatic imine (C=N–C) groups is 1. The summed E-state index contributed by atoms with van der Waals surface area (Å²) in [5.41, 5.74) is 2.41. The average Bonchev–Trinajstić information content (AvgIpc) is 2.16. The van der Waals surface area contributed by atoms with Gasteiger partial charge in [0.25, 0.3) is 0 Å². The molecule has 2 heteroatoms. The van der Waals surface area contributed by atoms with E-state index in [1.807, 2.05) is 6.07 Å². The molecule has 0 bridgehead atoms. The second-order valence-corrected chi connectivity index (χ2v) is 4.84.